The molecule has 1 fully saturated rings. The Labute approximate surface area is 105 Å². The molecule has 6 nitrogen and oxygen atoms in total. The normalized spacial score (nSPS) is 20.1. The van der Waals surface area contributed by atoms with E-state index in [1.54, 1.807) is 0 Å². The summed E-state index contributed by atoms with van der Waals surface area (Å²) in [6, 6.07) is 2.34. The van der Waals surface area contributed by atoms with Gasteiger partial charge in [-0.1, -0.05) is 0 Å². The molecular formula is C11H15NO5S. The fourth-order valence-electron chi connectivity index (χ4n) is 2.21. The standard InChI is InChI=1S/C11H15NO5S/c1-11(2)6-3-7-12(11)18(15,16)9-5-4-8(17-9)10(13)14/h4-5H,3,6-7H2,1-2H3,(H,13,14). The van der Waals surface area contributed by atoms with E-state index in [-0.39, 0.29) is 10.9 Å². The first-order valence-electron chi connectivity index (χ1n) is 5.61. The van der Waals surface area contributed by atoms with Crippen LogP contribution in [0.3, 0.4) is 0 Å². The number of nitrogens with zero attached hydrogens (tertiary/aromatic N) is 1. The molecule has 0 radical (unpaired) electrons. The molecule has 1 saturated heterocycles. The van der Waals surface area contributed by atoms with Crippen LogP contribution in [0.1, 0.15) is 37.2 Å². The van der Waals surface area contributed by atoms with E-state index in [1.807, 2.05) is 13.8 Å². The number of rotatable bonds is 3. The Morgan fingerprint density at radius 1 is 1.44 bits per heavy atom. The summed E-state index contributed by atoms with van der Waals surface area (Å²) in [5, 5.41) is 8.42. The molecule has 100 valence electrons. The van der Waals surface area contributed by atoms with Crippen LogP contribution in [0.25, 0.3) is 0 Å². The van der Waals surface area contributed by atoms with Gasteiger partial charge in [0.05, 0.1) is 0 Å². The summed E-state index contributed by atoms with van der Waals surface area (Å²) in [5.41, 5.74) is -0.463. The molecule has 1 aliphatic rings. The van der Waals surface area contributed by atoms with E-state index in [0.29, 0.717) is 6.54 Å². The van der Waals surface area contributed by atoms with Gasteiger partial charge < -0.3 is 9.52 Å². The molecule has 0 amide bonds. The Morgan fingerprint density at radius 2 is 2.11 bits per heavy atom. The largest absolute Gasteiger partial charge is 0.475 e. The first-order chi connectivity index (χ1) is 8.25. The highest BCUT2D eigenvalue weighted by Crippen LogP contribution is 2.34. The van der Waals surface area contributed by atoms with Crippen molar-refractivity contribution in [3.05, 3.63) is 17.9 Å². The predicted octanol–water partition coefficient (Wildman–Crippen LogP) is 1.54. The van der Waals surface area contributed by atoms with Crippen LogP contribution >= 0.6 is 0 Å². The van der Waals surface area contributed by atoms with Crippen molar-refractivity contribution in [3.8, 4) is 0 Å². The minimum atomic E-state index is -3.76. The molecule has 1 aliphatic heterocycles. The molecule has 1 N–H and O–H groups in total. The van der Waals surface area contributed by atoms with Crippen molar-refractivity contribution >= 4 is 16.0 Å². The van der Waals surface area contributed by atoms with Gasteiger partial charge in [-0.15, -0.1) is 0 Å². The van der Waals surface area contributed by atoms with E-state index >= 15 is 0 Å². The predicted molar refractivity (Wildman–Crippen MR) is 62.9 cm³/mol. The number of carboxylic acid groups (broad SMARTS) is 1. The van der Waals surface area contributed by atoms with Crippen LogP contribution in [-0.2, 0) is 10.0 Å². The Bertz CT molecular complexity index is 572. The van der Waals surface area contributed by atoms with Crippen molar-refractivity contribution in [2.24, 2.45) is 0 Å². The first-order valence-corrected chi connectivity index (χ1v) is 7.05. The van der Waals surface area contributed by atoms with Crippen LogP contribution in [-0.4, -0.2) is 35.9 Å². The lowest BCUT2D eigenvalue weighted by Gasteiger charge is -2.29. The maximum absolute atomic E-state index is 12.3. The van der Waals surface area contributed by atoms with Crippen molar-refractivity contribution in [2.75, 3.05) is 6.54 Å². The number of sulfonamides is 1. The van der Waals surface area contributed by atoms with E-state index in [9.17, 15) is 13.2 Å². The average molecular weight is 273 g/mol. The molecule has 0 spiro atoms. The zero-order valence-electron chi connectivity index (χ0n) is 10.2. The number of aromatic carboxylic acids is 1. The fourth-order valence-corrected chi connectivity index (χ4v) is 3.97. The third-order valence-electron chi connectivity index (χ3n) is 3.16. The third kappa shape index (κ3) is 2.04. The van der Waals surface area contributed by atoms with Crippen LogP contribution in [0.5, 0.6) is 0 Å². The topological polar surface area (TPSA) is 87.8 Å². The molecule has 18 heavy (non-hydrogen) atoms. The van der Waals surface area contributed by atoms with Gasteiger partial charge >= 0.3 is 5.97 Å². The summed E-state index contributed by atoms with van der Waals surface area (Å²) in [7, 11) is -3.76. The number of hydrogen-bond donors (Lipinski definition) is 1. The van der Waals surface area contributed by atoms with E-state index in [2.05, 4.69) is 0 Å². The fraction of sp³-hybridized carbons (Fsp3) is 0.545. The van der Waals surface area contributed by atoms with Gasteiger partial charge in [0.2, 0.25) is 10.9 Å². The van der Waals surface area contributed by atoms with Crippen molar-refractivity contribution in [1.29, 1.82) is 0 Å². The number of furan rings is 1. The Kier molecular flexibility index (Phi) is 2.98. The van der Waals surface area contributed by atoms with E-state index in [1.165, 1.54) is 10.4 Å². The summed E-state index contributed by atoms with van der Waals surface area (Å²) in [5.74, 6) is -1.65. The Hall–Kier alpha value is -1.34. The summed E-state index contributed by atoms with van der Waals surface area (Å²) in [6.07, 6.45) is 1.57. The van der Waals surface area contributed by atoms with E-state index < -0.39 is 21.5 Å². The molecule has 2 rings (SSSR count). The van der Waals surface area contributed by atoms with Crippen LogP contribution in [0.4, 0.5) is 0 Å². The minimum absolute atomic E-state index is 0.310. The zero-order chi connectivity index (χ0) is 13.6. The third-order valence-corrected chi connectivity index (χ3v) is 5.15. The molecular weight excluding hydrogens is 258 g/mol. The maximum Gasteiger partial charge on any atom is 0.371 e. The van der Waals surface area contributed by atoms with Gasteiger partial charge in [0.15, 0.2) is 0 Å². The number of hydrogen-bond acceptors (Lipinski definition) is 4. The molecule has 0 atom stereocenters. The zero-order valence-corrected chi connectivity index (χ0v) is 11.0. The summed E-state index contributed by atoms with van der Waals surface area (Å²) < 4.78 is 30.9. The van der Waals surface area contributed by atoms with Crippen molar-refractivity contribution in [2.45, 2.75) is 37.3 Å². The van der Waals surface area contributed by atoms with E-state index in [4.69, 9.17) is 9.52 Å². The van der Waals surface area contributed by atoms with E-state index in [0.717, 1.165) is 18.9 Å². The SMILES string of the molecule is CC1(C)CCCN1S(=O)(=O)c1ccc(C(=O)O)o1. The number of carboxylic acids is 1. The van der Waals surface area contributed by atoms with Gasteiger partial charge in [0, 0.05) is 12.1 Å². The molecule has 0 saturated carbocycles. The molecule has 2 heterocycles. The highest BCUT2D eigenvalue weighted by molar-refractivity contribution is 7.89. The lowest BCUT2D eigenvalue weighted by Crippen LogP contribution is -2.42. The smallest absolute Gasteiger partial charge is 0.371 e. The molecule has 0 aromatic carbocycles. The van der Waals surface area contributed by atoms with Gasteiger partial charge in [0.25, 0.3) is 10.0 Å². The van der Waals surface area contributed by atoms with Crippen LogP contribution in [0.2, 0.25) is 0 Å². The van der Waals surface area contributed by atoms with Gasteiger partial charge in [-0.2, -0.15) is 4.31 Å². The monoisotopic (exact) mass is 273 g/mol. The first kappa shape index (κ1) is 13.1. The summed E-state index contributed by atoms with van der Waals surface area (Å²) in [6.45, 7) is 4.12. The molecule has 1 aromatic heterocycles. The molecule has 1 aromatic rings. The van der Waals surface area contributed by atoms with Gasteiger partial charge in [-0.3, -0.25) is 0 Å². The molecule has 0 bridgehead atoms. The highest BCUT2D eigenvalue weighted by Gasteiger charge is 2.42. The number of carbonyl (C=O) groups is 1. The average Bonchev–Trinajstić information content (AvgIpc) is 2.83. The Morgan fingerprint density at radius 3 is 2.56 bits per heavy atom. The van der Waals surface area contributed by atoms with Crippen molar-refractivity contribution in [3.63, 3.8) is 0 Å². The van der Waals surface area contributed by atoms with Crippen LogP contribution < -0.4 is 0 Å². The second-order valence-corrected chi connectivity index (χ2v) is 6.71. The lowest BCUT2D eigenvalue weighted by molar-refractivity contribution is 0.0656. The van der Waals surface area contributed by atoms with Crippen molar-refractivity contribution < 1.29 is 22.7 Å². The van der Waals surface area contributed by atoms with Crippen molar-refractivity contribution in [1.82, 2.24) is 4.31 Å². The molecule has 0 unspecified atom stereocenters. The minimum Gasteiger partial charge on any atom is -0.475 e. The van der Waals surface area contributed by atoms with Gasteiger partial charge in [-0.05, 0) is 38.8 Å². The second-order valence-electron chi connectivity index (χ2n) is 4.92. The van der Waals surface area contributed by atoms with Gasteiger partial charge in [-0.25, -0.2) is 13.2 Å². The molecule has 7 heteroatoms. The van der Waals surface area contributed by atoms with Crippen LogP contribution in [0, 0.1) is 0 Å². The second kappa shape index (κ2) is 4.10. The van der Waals surface area contributed by atoms with Gasteiger partial charge in [0.1, 0.15) is 0 Å². The molecule has 0 aliphatic carbocycles. The summed E-state index contributed by atoms with van der Waals surface area (Å²) in [4.78, 5) is 10.7. The van der Waals surface area contributed by atoms with Crippen LogP contribution in [0.15, 0.2) is 21.6 Å². The highest BCUT2D eigenvalue weighted by atomic mass is 32.2. The summed E-state index contributed by atoms with van der Waals surface area (Å²) >= 11 is 0. The lowest BCUT2D eigenvalue weighted by atomic mass is 10.0. The quantitative estimate of drug-likeness (QED) is 0.902. The maximum atomic E-state index is 12.3. The Balaban J connectivity index is 2.39.